The molecule has 0 aliphatic heterocycles. The van der Waals surface area contributed by atoms with E-state index in [4.69, 9.17) is 0 Å². The van der Waals surface area contributed by atoms with E-state index in [9.17, 15) is 13.2 Å². The van der Waals surface area contributed by atoms with Gasteiger partial charge in [-0.25, -0.2) is 13.1 Å². The van der Waals surface area contributed by atoms with E-state index in [1.807, 2.05) is 13.0 Å². The van der Waals surface area contributed by atoms with Crippen LogP contribution in [0.3, 0.4) is 0 Å². The molecule has 0 aliphatic carbocycles. The van der Waals surface area contributed by atoms with E-state index in [0.717, 1.165) is 6.42 Å². The van der Waals surface area contributed by atoms with Crippen LogP contribution in [0.25, 0.3) is 0 Å². The third-order valence-electron chi connectivity index (χ3n) is 3.00. The van der Waals surface area contributed by atoms with Crippen molar-refractivity contribution in [3.63, 3.8) is 0 Å². The van der Waals surface area contributed by atoms with E-state index in [1.54, 1.807) is 36.4 Å². The number of carbonyl (C=O) groups is 1. The standard InChI is InChI=1S/C16H18N2O3S/c1-2-12-17-22(20,21)15-10-8-14(9-11-15)18-16(19)13-6-4-3-5-7-13/h3-11,17H,2,12H2,1H3,(H,18,19). The van der Waals surface area contributed by atoms with Gasteiger partial charge in [0.25, 0.3) is 5.91 Å². The minimum Gasteiger partial charge on any atom is -0.322 e. The number of anilines is 1. The van der Waals surface area contributed by atoms with Gasteiger partial charge in [0.1, 0.15) is 0 Å². The second kappa shape index (κ2) is 7.20. The number of nitrogens with one attached hydrogen (secondary N) is 2. The molecule has 0 heterocycles. The van der Waals surface area contributed by atoms with Crippen LogP contribution in [0, 0.1) is 0 Å². The number of hydrogen-bond donors (Lipinski definition) is 2. The van der Waals surface area contributed by atoms with Crippen LogP contribution < -0.4 is 10.0 Å². The maximum absolute atomic E-state index is 12.0. The lowest BCUT2D eigenvalue weighted by molar-refractivity contribution is 0.102. The summed E-state index contributed by atoms with van der Waals surface area (Å²) in [5.41, 5.74) is 1.09. The molecule has 0 aliphatic rings. The lowest BCUT2D eigenvalue weighted by Gasteiger charge is -2.08. The zero-order chi connectivity index (χ0) is 16.0. The highest BCUT2D eigenvalue weighted by Crippen LogP contribution is 2.15. The highest BCUT2D eigenvalue weighted by Gasteiger charge is 2.13. The van der Waals surface area contributed by atoms with Crippen molar-refractivity contribution in [1.29, 1.82) is 0 Å². The monoisotopic (exact) mass is 318 g/mol. The SMILES string of the molecule is CCCNS(=O)(=O)c1ccc(NC(=O)c2ccccc2)cc1. The molecule has 0 unspecified atom stereocenters. The molecule has 2 N–H and O–H groups in total. The summed E-state index contributed by atoms with van der Waals surface area (Å²) in [6.07, 6.45) is 0.727. The molecule has 2 aromatic carbocycles. The lowest BCUT2D eigenvalue weighted by Crippen LogP contribution is -2.24. The largest absolute Gasteiger partial charge is 0.322 e. The van der Waals surface area contributed by atoms with Gasteiger partial charge in [-0.05, 0) is 42.8 Å². The van der Waals surface area contributed by atoms with Gasteiger partial charge in [0.2, 0.25) is 10.0 Å². The Hall–Kier alpha value is -2.18. The van der Waals surface area contributed by atoms with Gasteiger partial charge in [0.05, 0.1) is 4.90 Å². The van der Waals surface area contributed by atoms with Gasteiger partial charge in [-0.15, -0.1) is 0 Å². The first-order valence-electron chi connectivity index (χ1n) is 6.99. The van der Waals surface area contributed by atoms with E-state index in [1.165, 1.54) is 12.1 Å². The number of carbonyl (C=O) groups excluding carboxylic acids is 1. The molecule has 6 heteroatoms. The number of rotatable bonds is 6. The lowest BCUT2D eigenvalue weighted by atomic mass is 10.2. The molecule has 2 rings (SSSR count). The highest BCUT2D eigenvalue weighted by atomic mass is 32.2. The molecule has 0 bridgehead atoms. The van der Waals surface area contributed by atoms with E-state index in [2.05, 4.69) is 10.0 Å². The number of benzene rings is 2. The molecule has 0 radical (unpaired) electrons. The van der Waals surface area contributed by atoms with Crippen LogP contribution in [0.5, 0.6) is 0 Å². The van der Waals surface area contributed by atoms with E-state index in [0.29, 0.717) is 17.8 Å². The predicted octanol–water partition coefficient (Wildman–Crippen LogP) is 2.63. The number of amides is 1. The van der Waals surface area contributed by atoms with Gasteiger partial charge in [-0.3, -0.25) is 4.79 Å². The van der Waals surface area contributed by atoms with Gasteiger partial charge in [0, 0.05) is 17.8 Å². The summed E-state index contributed by atoms with van der Waals surface area (Å²) in [5, 5.41) is 2.73. The summed E-state index contributed by atoms with van der Waals surface area (Å²) in [6, 6.07) is 14.9. The maximum Gasteiger partial charge on any atom is 0.255 e. The van der Waals surface area contributed by atoms with Crippen molar-refractivity contribution < 1.29 is 13.2 Å². The average molecular weight is 318 g/mol. The molecular formula is C16H18N2O3S. The Morgan fingerprint density at radius 2 is 1.64 bits per heavy atom. The number of sulfonamides is 1. The predicted molar refractivity (Wildman–Crippen MR) is 86.3 cm³/mol. The van der Waals surface area contributed by atoms with E-state index in [-0.39, 0.29) is 10.8 Å². The van der Waals surface area contributed by atoms with Crippen molar-refractivity contribution in [2.45, 2.75) is 18.2 Å². The highest BCUT2D eigenvalue weighted by molar-refractivity contribution is 7.89. The summed E-state index contributed by atoms with van der Waals surface area (Å²) in [5.74, 6) is -0.236. The van der Waals surface area contributed by atoms with E-state index >= 15 is 0 Å². The van der Waals surface area contributed by atoms with E-state index < -0.39 is 10.0 Å². The molecule has 0 spiro atoms. The summed E-state index contributed by atoms with van der Waals surface area (Å²) in [7, 11) is -3.48. The van der Waals surface area contributed by atoms with Gasteiger partial charge in [-0.1, -0.05) is 25.1 Å². The fourth-order valence-corrected chi connectivity index (χ4v) is 2.96. The van der Waals surface area contributed by atoms with Crippen molar-refractivity contribution in [3.8, 4) is 0 Å². The van der Waals surface area contributed by atoms with Gasteiger partial charge in [-0.2, -0.15) is 0 Å². The van der Waals surface area contributed by atoms with Gasteiger partial charge in [0.15, 0.2) is 0 Å². The zero-order valence-corrected chi connectivity index (χ0v) is 13.1. The molecule has 1 amide bonds. The van der Waals surface area contributed by atoms with Crippen molar-refractivity contribution in [1.82, 2.24) is 4.72 Å². The topological polar surface area (TPSA) is 75.3 Å². The fraction of sp³-hybridized carbons (Fsp3) is 0.188. The zero-order valence-electron chi connectivity index (χ0n) is 12.2. The minimum absolute atomic E-state index is 0.179. The molecule has 0 atom stereocenters. The first-order chi connectivity index (χ1) is 10.5. The van der Waals surface area contributed by atoms with Crippen LogP contribution in [0.1, 0.15) is 23.7 Å². The molecule has 0 aromatic heterocycles. The quantitative estimate of drug-likeness (QED) is 0.859. The minimum atomic E-state index is -3.48. The Morgan fingerprint density at radius 3 is 2.23 bits per heavy atom. The Bertz CT molecular complexity index is 726. The van der Waals surface area contributed by atoms with Crippen molar-refractivity contribution in [2.24, 2.45) is 0 Å². The molecule has 5 nitrogen and oxygen atoms in total. The Kier molecular flexibility index (Phi) is 5.30. The smallest absolute Gasteiger partial charge is 0.255 e. The maximum atomic E-state index is 12.0. The summed E-state index contributed by atoms with van der Waals surface area (Å²) >= 11 is 0. The van der Waals surface area contributed by atoms with Gasteiger partial charge < -0.3 is 5.32 Å². The van der Waals surface area contributed by atoms with Crippen LogP contribution in [0.2, 0.25) is 0 Å². The van der Waals surface area contributed by atoms with Crippen LogP contribution in [-0.2, 0) is 10.0 Å². The van der Waals surface area contributed by atoms with Crippen LogP contribution >= 0.6 is 0 Å². The molecule has 2 aromatic rings. The third kappa shape index (κ3) is 4.16. The molecular weight excluding hydrogens is 300 g/mol. The Labute approximate surface area is 130 Å². The summed E-state index contributed by atoms with van der Waals surface area (Å²) in [6.45, 7) is 2.29. The second-order valence-electron chi connectivity index (χ2n) is 4.74. The van der Waals surface area contributed by atoms with Gasteiger partial charge >= 0.3 is 0 Å². The van der Waals surface area contributed by atoms with Crippen LogP contribution in [0.4, 0.5) is 5.69 Å². The first kappa shape index (κ1) is 16.2. The average Bonchev–Trinajstić information content (AvgIpc) is 2.54. The Morgan fingerprint density at radius 1 is 1.00 bits per heavy atom. The normalized spacial score (nSPS) is 11.1. The van der Waals surface area contributed by atoms with Crippen LogP contribution in [-0.4, -0.2) is 20.9 Å². The summed E-state index contributed by atoms with van der Waals surface area (Å²) in [4.78, 5) is 12.2. The second-order valence-corrected chi connectivity index (χ2v) is 6.51. The van der Waals surface area contributed by atoms with Crippen LogP contribution in [0.15, 0.2) is 59.5 Å². The molecule has 0 fully saturated rings. The molecule has 0 saturated heterocycles. The molecule has 0 saturated carbocycles. The first-order valence-corrected chi connectivity index (χ1v) is 8.47. The van der Waals surface area contributed by atoms with Crippen molar-refractivity contribution in [3.05, 3.63) is 60.2 Å². The van der Waals surface area contributed by atoms with Crippen molar-refractivity contribution in [2.75, 3.05) is 11.9 Å². The third-order valence-corrected chi connectivity index (χ3v) is 4.48. The molecule has 116 valence electrons. The molecule has 22 heavy (non-hydrogen) atoms. The Balaban J connectivity index is 2.08. The van der Waals surface area contributed by atoms with Crippen molar-refractivity contribution >= 4 is 21.6 Å². The summed E-state index contributed by atoms with van der Waals surface area (Å²) < 4.78 is 26.4. The number of hydrogen-bond acceptors (Lipinski definition) is 3. The fourth-order valence-electron chi connectivity index (χ4n) is 1.83.